The molecule has 0 aromatic carbocycles. The molecule has 2 heterocycles. The van der Waals surface area contributed by atoms with Crippen LogP contribution in [-0.4, -0.2) is 52.8 Å². The standard InChI is InChI=1S/C17H24N5O6PS/c1-11(22(10-23)9-13-8-20-12(2)21-16(13)18)15(5-7-28-29(25,26)27)30-17(24)14-4-3-6-19-14/h3-4,6,8,10,19,24,30H,5,7,9H2,1-2H3,(H2,18,20,21)(H2,25,26,27)/b15-11-. The first-order valence-electron chi connectivity index (χ1n) is 8.72. The summed E-state index contributed by atoms with van der Waals surface area (Å²) in [5, 5.41) is 10.4. The first-order chi connectivity index (χ1) is 14.1. The molecule has 1 amide bonds. The van der Waals surface area contributed by atoms with Crippen molar-refractivity contribution in [2.75, 3.05) is 12.3 Å². The number of nitrogen functional groups attached to an aromatic ring is 1. The third kappa shape index (κ3) is 7.17. The van der Waals surface area contributed by atoms with Crippen LogP contribution in [0, 0.1) is 6.92 Å². The molecule has 0 saturated carbocycles. The van der Waals surface area contributed by atoms with E-state index in [0.717, 1.165) is 0 Å². The molecule has 11 nitrogen and oxygen atoms in total. The molecule has 13 heteroatoms. The highest BCUT2D eigenvalue weighted by Gasteiger charge is 2.17. The second-order valence-electron chi connectivity index (χ2n) is 6.19. The van der Waals surface area contributed by atoms with Crippen molar-refractivity contribution in [1.29, 1.82) is 0 Å². The maximum Gasteiger partial charge on any atom is 0.469 e. The smallest absolute Gasteiger partial charge is 0.383 e. The van der Waals surface area contributed by atoms with Gasteiger partial charge in [0.05, 0.1) is 18.8 Å². The molecule has 2 rings (SSSR count). The number of thiol groups is 1. The minimum Gasteiger partial charge on any atom is -0.383 e. The molecule has 2 aromatic heterocycles. The molecule has 164 valence electrons. The van der Waals surface area contributed by atoms with Gasteiger partial charge in [-0.2, -0.15) is 0 Å². The number of amides is 1. The van der Waals surface area contributed by atoms with E-state index in [0.29, 0.717) is 45.4 Å². The number of phosphoric acid groups is 1. The Labute approximate surface area is 176 Å². The molecule has 0 radical (unpaired) electrons. The molecule has 0 spiro atoms. The number of aryl methyl sites for hydroxylation is 1. The summed E-state index contributed by atoms with van der Waals surface area (Å²) in [4.78, 5) is 42.5. The lowest BCUT2D eigenvalue weighted by Gasteiger charge is -2.22. The van der Waals surface area contributed by atoms with E-state index in [1.807, 2.05) is 0 Å². The number of aliphatic hydroxyl groups excluding tert-OH is 1. The molecule has 0 aliphatic carbocycles. The number of aromatic nitrogens is 3. The molecule has 2 aromatic rings. The SMILES string of the molecule is C/C(=C(CCOP(=O)(O)O)/[SH]=C(\O)c1ccc[nH]1)N(C=O)Cc1cnc(C)nc1N. The van der Waals surface area contributed by atoms with E-state index >= 15 is 0 Å². The van der Waals surface area contributed by atoms with Crippen molar-refractivity contribution in [2.24, 2.45) is 0 Å². The number of nitrogens with one attached hydrogen (secondary N) is 1. The number of aromatic amines is 1. The Balaban J connectivity index is 2.36. The van der Waals surface area contributed by atoms with Gasteiger partial charge in [0.25, 0.3) is 0 Å². The van der Waals surface area contributed by atoms with E-state index in [2.05, 4.69) is 19.5 Å². The monoisotopic (exact) mass is 457 g/mol. The van der Waals surface area contributed by atoms with Crippen molar-refractivity contribution in [3.05, 3.63) is 52.2 Å². The highest BCUT2D eigenvalue weighted by atomic mass is 32.1. The fourth-order valence-electron chi connectivity index (χ4n) is 2.45. The fourth-order valence-corrected chi connectivity index (χ4v) is 3.79. The number of hydrogen-bond acceptors (Lipinski definition) is 6. The molecule has 0 bridgehead atoms. The maximum atomic E-state index is 11.8. The number of phosphoric ester groups is 1. The van der Waals surface area contributed by atoms with Crippen LogP contribution in [-0.2, 0) is 20.4 Å². The summed E-state index contributed by atoms with van der Waals surface area (Å²) < 4.78 is 15.5. The Morgan fingerprint density at radius 2 is 2.20 bits per heavy atom. The van der Waals surface area contributed by atoms with Crippen molar-refractivity contribution in [3.8, 4) is 0 Å². The largest absolute Gasteiger partial charge is 0.469 e. The predicted molar refractivity (Wildman–Crippen MR) is 115 cm³/mol. The van der Waals surface area contributed by atoms with Crippen LogP contribution in [0.1, 0.15) is 30.4 Å². The molecular formula is C17H24N5O6PS. The quantitative estimate of drug-likeness (QED) is 0.134. The average molecular weight is 457 g/mol. The van der Waals surface area contributed by atoms with Crippen LogP contribution in [0.4, 0.5) is 5.82 Å². The molecule has 0 unspecified atom stereocenters. The number of hydrogen-bond donors (Lipinski definition) is 6. The van der Waals surface area contributed by atoms with Crippen LogP contribution in [0.5, 0.6) is 0 Å². The highest BCUT2D eigenvalue weighted by Crippen LogP contribution is 2.36. The van der Waals surface area contributed by atoms with Crippen LogP contribution in [0.2, 0.25) is 0 Å². The number of carbonyl (C=O) groups excluding carboxylic acids is 1. The average Bonchev–Trinajstić information content (AvgIpc) is 3.20. The summed E-state index contributed by atoms with van der Waals surface area (Å²) >= 11 is 0.344. The van der Waals surface area contributed by atoms with Gasteiger partial charge >= 0.3 is 7.82 Å². The van der Waals surface area contributed by atoms with Gasteiger partial charge in [0.15, 0.2) is 0 Å². The number of nitrogens with two attached hydrogens (primary N) is 1. The van der Waals surface area contributed by atoms with Gasteiger partial charge in [0.1, 0.15) is 16.7 Å². The summed E-state index contributed by atoms with van der Waals surface area (Å²) in [6, 6.07) is 3.38. The summed E-state index contributed by atoms with van der Waals surface area (Å²) in [6.07, 6.45) is 3.83. The lowest BCUT2D eigenvalue weighted by atomic mass is 10.2. The number of aliphatic hydroxyl groups is 1. The van der Waals surface area contributed by atoms with Crippen LogP contribution in [0.15, 0.2) is 35.1 Å². The summed E-state index contributed by atoms with van der Waals surface area (Å²) in [5.41, 5.74) is 7.39. The zero-order valence-corrected chi connectivity index (χ0v) is 18.2. The minimum absolute atomic E-state index is 0.0189. The Morgan fingerprint density at radius 1 is 1.47 bits per heavy atom. The van der Waals surface area contributed by atoms with E-state index in [1.165, 1.54) is 11.1 Å². The van der Waals surface area contributed by atoms with Crippen molar-refractivity contribution in [3.63, 3.8) is 0 Å². The van der Waals surface area contributed by atoms with Crippen LogP contribution in [0.3, 0.4) is 0 Å². The molecule has 0 atom stereocenters. The van der Waals surface area contributed by atoms with Crippen LogP contribution in [0.25, 0.3) is 0 Å². The third-order valence-corrected chi connectivity index (χ3v) is 5.80. The van der Waals surface area contributed by atoms with E-state index in [4.69, 9.17) is 15.5 Å². The Bertz CT molecular complexity index is 989. The van der Waals surface area contributed by atoms with Crippen molar-refractivity contribution in [1.82, 2.24) is 19.9 Å². The van der Waals surface area contributed by atoms with E-state index in [1.54, 1.807) is 32.2 Å². The molecule has 6 N–H and O–H groups in total. The highest BCUT2D eigenvalue weighted by molar-refractivity contribution is 8.02. The van der Waals surface area contributed by atoms with Gasteiger partial charge in [0.2, 0.25) is 6.41 Å². The van der Waals surface area contributed by atoms with Crippen LogP contribution < -0.4 is 5.73 Å². The van der Waals surface area contributed by atoms with Gasteiger partial charge in [0, 0.05) is 35.0 Å². The van der Waals surface area contributed by atoms with E-state index in [9.17, 15) is 14.5 Å². The number of nitrogens with zero attached hydrogens (tertiary/aromatic N) is 3. The first kappa shape index (κ1) is 23.9. The van der Waals surface area contributed by atoms with Gasteiger partial charge < -0.3 is 30.5 Å². The topological polar surface area (TPSA) is 175 Å². The molecule has 0 aliphatic heterocycles. The van der Waals surface area contributed by atoms with E-state index in [-0.39, 0.29) is 30.4 Å². The first-order valence-corrected chi connectivity index (χ1v) is 11.1. The molecule has 0 saturated heterocycles. The zero-order valence-electron chi connectivity index (χ0n) is 16.4. The second kappa shape index (κ2) is 10.6. The third-order valence-electron chi connectivity index (χ3n) is 4.01. The van der Waals surface area contributed by atoms with Gasteiger partial charge in [-0.05, 0) is 26.0 Å². The number of H-pyrrole nitrogens is 1. The minimum atomic E-state index is -4.65. The zero-order chi connectivity index (χ0) is 22.3. The number of anilines is 1. The van der Waals surface area contributed by atoms with Gasteiger partial charge in [-0.15, -0.1) is 11.4 Å². The van der Waals surface area contributed by atoms with Gasteiger partial charge in [-0.1, -0.05) is 0 Å². The number of rotatable bonds is 10. The van der Waals surface area contributed by atoms with Gasteiger partial charge in [-0.25, -0.2) is 14.5 Å². The summed E-state index contributed by atoms with van der Waals surface area (Å²) in [6.45, 7) is 3.13. The number of carbonyl (C=O) groups is 1. The predicted octanol–water partition coefficient (Wildman–Crippen LogP) is 1.59. The normalized spacial score (nSPS) is 13.4. The van der Waals surface area contributed by atoms with Crippen molar-refractivity contribution in [2.45, 2.75) is 26.8 Å². The number of allylic oxidation sites excluding steroid dienone is 1. The van der Waals surface area contributed by atoms with Crippen molar-refractivity contribution < 1.29 is 28.8 Å². The lowest BCUT2D eigenvalue weighted by molar-refractivity contribution is -0.116. The fraction of sp³-hybridized carbons (Fsp3) is 0.294. The maximum absolute atomic E-state index is 11.8. The van der Waals surface area contributed by atoms with E-state index < -0.39 is 7.82 Å². The Hall–Kier alpha value is -2.34. The Morgan fingerprint density at radius 3 is 2.77 bits per heavy atom. The van der Waals surface area contributed by atoms with Gasteiger partial charge in [-0.3, -0.25) is 9.32 Å². The molecule has 0 aliphatic rings. The lowest BCUT2D eigenvalue weighted by Crippen LogP contribution is -2.22. The molecule has 30 heavy (non-hydrogen) atoms. The van der Waals surface area contributed by atoms with Crippen LogP contribution >= 0.6 is 19.2 Å². The summed E-state index contributed by atoms with van der Waals surface area (Å²) in [7, 11) is -4.65. The molecular weight excluding hydrogens is 433 g/mol. The van der Waals surface area contributed by atoms with Crippen molar-refractivity contribution >= 4 is 36.5 Å². The molecule has 0 fully saturated rings. The summed E-state index contributed by atoms with van der Waals surface area (Å²) in [5.74, 6) is 0.743. The second-order valence-corrected chi connectivity index (χ2v) is 8.61. The Kier molecular flexibility index (Phi) is 8.47.